The summed E-state index contributed by atoms with van der Waals surface area (Å²) in [5.74, 6) is -4.86. The zero-order valence-corrected chi connectivity index (χ0v) is 20.7. The van der Waals surface area contributed by atoms with Crippen LogP contribution in [0.25, 0.3) is 16.5 Å². The van der Waals surface area contributed by atoms with E-state index >= 15 is 8.78 Å². The molecule has 1 unspecified atom stereocenters. The van der Waals surface area contributed by atoms with E-state index in [2.05, 4.69) is 27.0 Å². The zero-order valence-electron chi connectivity index (χ0n) is 18.3. The maximum Gasteiger partial charge on any atom is 0.358 e. The third kappa shape index (κ3) is 5.86. The average molecular weight is 565 g/mol. The van der Waals surface area contributed by atoms with Crippen molar-refractivity contribution in [3.63, 3.8) is 0 Å². The largest absolute Gasteiger partial charge is 0.466 e. The molecule has 1 amide bonds. The van der Waals surface area contributed by atoms with Gasteiger partial charge in [0, 0.05) is 23.6 Å². The number of alkyl halides is 2. The third-order valence-corrected chi connectivity index (χ3v) is 6.51. The SMILES string of the molecule is CCOC(=O)C(CC(N)=O)CC(=O)C(F)(F)Sc1ncc(Br)n1-c1ccc(C#N)c2ccccc12. The molecule has 0 fully saturated rings. The van der Waals surface area contributed by atoms with Crippen LogP contribution in [-0.4, -0.2) is 39.1 Å². The average Bonchev–Trinajstić information content (AvgIpc) is 3.16. The molecular weight excluding hydrogens is 546 g/mol. The number of ether oxygens (including phenoxy) is 1. The standard InChI is InChI=1S/C23H19BrF2N4O4S/c1-2-34-21(33)14(10-20(28)32)9-18(31)23(25,26)35-22-29-12-19(24)30(22)17-8-7-13(11-27)15-5-3-4-6-16(15)17/h3-8,12,14H,2,9-10H2,1H3,(H2,28,32). The number of carbonyl (C=O) groups is 3. The number of hydrogen-bond acceptors (Lipinski definition) is 7. The molecule has 35 heavy (non-hydrogen) atoms. The van der Waals surface area contributed by atoms with Crippen molar-refractivity contribution in [2.75, 3.05) is 6.61 Å². The molecule has 182 valence electrons. The number of carbonyl (C=O) groups excluding carboxylic acids is 3. The molecule has 12 heteroatoms. The molecule has 2 aromatic carbocycles. The Kier molecular flexibility index (Phi) is 8.24. The number of nitrogens with two attached hydrogens (primary N) is 1. The van der Waals surface area contributed by atoms with Crippen molar-refractivity contribution < 1.29 is 27.9 Å². The summed E-state index contributed by atoms with van der Waals surface area (Å²) in [5.41, 5.74) is 5.98. The first-order chi connectivity index (χ1) is 16.6. The van der Waals surface area contributed by atoms with Crippen molar-refractivity contribution in [3.8, 4) is 11.8 Å². The highest BCUT2D eigenvalue weighted by Crippen LogP contribution is 2.41. The van der Waals surface area contributed by atoms with E-state index in [1.807, 2.05) is 0 Å². The number of primary amides is 1. The van der Waals surface area contributed by atoms with Gasteiger partial charge < -0.3 is 10.5 Å². The predicted molar refractivity (Wildman–Crippen MR) is 128 cm³/mol. The van der Waals surface area contributed by atoms with Gasteiger partial charge in [-0.3, -0.25) is 19.0 Å². The van der Waals surface area contributed by atoms with E-state index in [9.17, 15) is 19.6 Å². The van der Waals surface area contributed by atoms with E-state index in [0.29, 0.717) is 26.6 Å². The molecule has 0 spiro atoms. The van der Waals surface area contributed by atoms with Gasteiger partial charge in [0.1, 0.15) is 4.60 Å². The first-order valence-electron chi connectivity index (χ1n) is 10.3. The van der Waals surface area contributed by atoms with Gasteiger partial charge in [0.2, 0.25) is 11.7 Å². The van der Waals surface area contributed by atoms with Gasteiger partial charge in [-0.05, 0) is 46.7 Å². The molecule has 3 rings (SSSR count). The van der Waals surface area contributed by atoms with E-state index in [4.69, 9.17) is 10.5 Å². The van der Waals surface area contributed by atoms with Crippen LogP contribution in [0.2, 0.25) is 0 Å². The monoisotopic (exact) mass is 564 g/mol. The molecule has 2 N–H and O–H groups in total. The first kappa shape index (κ1) is 26.3. The lowest BCUT2D eigenvalue weighted by Crippen LogP contribution is -2.32. The van der Waals surface area contributed by atoms with E-state index in [0.717, 1.165) is 0 Å². The number of imidazole rings is 1. The molecule has 3 aromatic rings. The van der Waals surface area contributed by atoms with Gasteiger partial charge in [-0.15, -0.1) is 0 Å². The van der Waals surface area contributed by atoms with E-state index in [1.165, 1.54) is 17.7 Å². The Morgan fingerprint density at radius 1 is 1.23 bits per heavy atom. The molecule has 0 aliphatic rings. The van der Waals surface area contributed by atoms with Gasteiger partial charge in [0.25, 0.3) is 0 Å². The van der Waals surface area contributed by atoms with Gasteiger partial charge in [-0.2, -0.15) is 14.0 Å². The molecule has 1 aromatic heterocycles. The van der Waals surface area contributed by atoms with Crippen LogP contribution < -0.4 is 5.73 Å². The topological polar surface area (TPSA) is 128 Å². The van der Waals surface area contributed by atoms with Crippen molar-refractivity contribution in [2.24, 2.45) is 11.7 Å². The Hall–Kier alpha value is -3.30. The number of hydrogen-bond donors (Lipinski definition) is 1. The van der Waals surface area contributed by atoms with E-state index < -0.39 is 41.7 Å². The van der Waals surface area contributed by atoms with E-state index in [-0.39, 0.29) is 23.5 Å². The molecular formula is C23H19BrF2N4O4S. The summed E-state index contributed by atoms with van der Waals surface area (Å²) in [4.78, 5) is 39.8. The van der Waals surface area contributed by atoms with Crippen LogP contribution in [0.3, 0.4) is 0 Å². The highest BCUT2D eigenvalue weighted by Gasteiger charge is 2.44. The fourth-order valence-corrected chi connectivity index (χ4v) is 4.84. The fourth-order valence-electron chi connectivity index (χ4n) is 3.44. The van der Waals surface area contributed by atoms with Crippen molar-refractivity contribution in [2.45, 2.75) is 30.2 Å². The Balaban J connectivity index is 1.94. The number of nitriles is 1. The number of ketones is 1. The van der Waals surface area contributed by atoms with Gasteiger partial charge >= 0.3 is 11.2 Å². The third-order valence-electron chi connectivity index (χ3n) is 4.99. The van der Waals surface area contributed by atoms with Gasteiger partial charge in [0.05, 0.1) is 36.0 Å². The lowest BCUT2D eigenvalue weighted by atomic mass is 9.98. The van der Waals surface area contributed by atoms with E-state index in [1.54, 1.807) is 36.4 Å². The smallest absolute Gasteiger partial charge is 0.358 e. The molecule has 0 aliphatic heterocycles. The van der Waals surface area contributed by atoms with Gasteiger partial charge in [0.15, 0.2) is 5.16 Å². The number of Topliss-reactive ketones (excluding diaryl/α,β-unsaturated/α-hetero) is 1. The molecule has 0 aliphatic carbocycles. The molecule has 8 nitrogen and oxygen atoms in total. The summed E-state index contributed by atoms with van der Waals surface area (Å²) in [7, 11) is 0. The molecule has 0 radical (unpaired) electrons. The minimum atomic E-state index is -3.98. The molecule has 0 saturated heterocycles. The van der Waals surface area contributed by atoms with Crippen molar-refractivity contribution in [1.82, 2.24) is 9.55 Å². The summed E-state index contributed by atoms with van der Waals surface area (Å²) >= 11 is 3.21. The maximum atomic E-state index is 15.0. The highest BCUT2D eigenvalue weighted by molar-refractivity contribution is 9.10. The van der Waals surface area contributed by atoms with Gasteiger partial charge in [-0.25, -0.2) is 4.98 Å². The van der Waals surface area contributed by atoms with Gasteiger partial charge in [-0.1, -0.05) is 24.3 Å². The second-order valence-electron chi connectivity index (χ2n) is 7.35. The van der Waals surface area contributed by atoms with Crippen LogP contribution in [-0.2, 0) is 19.1 Å². The quantitative estimate of drug-likeness (QED) is 0.286. The van der Waals surface area contributed by atoms with Crippen molar-refractivity contribution >= 4 is 56.1 Å². The lowest BCUT2D eigenvalue weighted by Gasteiger charge is -2.19. The number of esters is 1. The van der Waals surface area contributed by atoms with Crippen LogP contribution in [0.15, 0.2) is 52.4 Å². The summed E-state index contributed by atoms with van der Waals surface area (Å²) in [5, 5.41) is 6.46. The summed E-state index contributed by atoms with van der Waals surface area (Å²) < 4.78 is 36.6. The molecule has 1 atom stereocenters. The number of thioether (sulfide) groups is 1. The fraction of sp³-hybridized carbons (Fsp3) is 0.261. The highest BCUT2D eigenvalue weighted by atomic mass is 79.9. The minimum absolute atomic E-state index is 0.0442. The van der Waals surface area contributed by atoms with Crippen LogP contribution in [0.1, 0.15) is 25.3 Å². The second-order valence-corrected chi connectivity index (χ2v) is 9.25. The number of fused-ring (bicyclic) bond motifs is 1. The molecule has 0 saturated carbocycles. The van der Waals surface area contributed by atoms with Crippen LogP contribution in [0.5, 0.6) is 0 Å². The Morgan fingerprint density at radius 2 is 1.91 bits per heavy atom. The predicted octanol–water partition coefficient (Wildman–Crippen LogP) is 4.36. The summed E-state index contributed by atoms with van der Waals surface area (Å²) in [6.07, 6.45) is -0.212. The van der Waals surface area contributed by atoms with Crippen LogP contribution in [0.4, 0.5) is 8.78 Å². The zero-order chi connectivity index (χ0) is 25.8. The Bertz CT molecular complexity index is 1340. The second kappa shape index (κ2) is 11.0. The summed E-state index contributed by atoms with van der Waals surface area (Å²) in [6.45, 7) is 1.47. The van der Waals surface area contributed by atoms with Crippen molar-refractivity contribution in [1.29, 1.82) is 5.26 Å². The number of halogens is 3. The molecule has 0 bridgehead atoms. The van der Waals surface area contributed by atoms with Crippen molar-refractivity contribution in [3.05, 3.63) is 52.8 Å². The minimum Gasteiger partial charge on any atom is -0.466 e. The number of benzene rings is 2. The van der Waals surface area contributed by atoms with Crippen LogP contribution in [0, 0.1) is 17.2 Å². The number of nitrogens with zero attached hydrogens (tertiary/aromatic N) is 3. The number of rotatable bonds is 10. The Labute approximate surface area is 211 Å². The normalized spacial score (nSPS) is 12.2. The first-order valence-corrected chi connectivity index (χ1v) is 11.9. The maximum absolute atomic E-state index is 15.0. The summed E-state index contributed by atoms with van der Waals surface area (Å²) in [6, 6.07) is 12.2. The van der Waals surface area contributed by atoms with Crippen LogP contribution >= 0.6 is 27.7 Å². The molecule has 1 heterocycles. The number of amides is 1. The number of aromatic nitrogens is 2. The lowest BCUT2D eigenvalue weighted by molar-refractivity contribution is -0.152. The Morgan fingerprint density at radius 3 is 2.54 bits per heavy atom.